The number of rotatable bonds is 4. The lowest BCUT2D eigenvalue weighted by Crippen LogP contribution is -1.92. The van der Waals surface area contributed by atoms with Crippen LogP contribution in [0.4, 0.5) is 0 Å². The molecule has 1 aromatic heterocycles. The molecule has 0 aliphatic heterocycles. The normalized spacial score (nSPS) is 10.9. The number of thioether (sulfide) groups is 1. The molecule has 2 aromatic carbocycles. The van der Waals surface area contributed by atoms with E-state index in [0.29, 0.717) is 10.8 Å². The van der Waals surface area contributed by atoms with Crippen LogP contribution in [0.5, 0.6) is 0 Å². The van der Waals surface area contributed by atoms with Gasteiger partial charge < -0.3 is 4.42 Å². The van der Waals surface area contributed by atoms with Gasteiger partial charge in [0.25, 0.3) is 0 Å². The van der Waals surface area contributed by atoms with Gasteiger partial charge in [-0.15, -0.1) is 24.2 Å². The molecule has 0 spiro atoms. The molecule has 0 N–H and O–H groups in total. The summed E-state index contributed by atoms with van der Waals surface area (Å²) in [7, 11) is 0. The number of halogens is 2. The Morgan fingerprint density at radius 1 is 1.17 bits per heavy atom. The van der Waals surface area contributed by atoms with E-state index in [-0.39, 0.29) is 18.2 Å². The first-order chi connectivity index (χ1) is 10.7. The molecule has 118 valence electrons. The first-order valence-corrected chi connectivity index (χ1v) is 8.31. The number of furan rings is 1. The summed E-state index contributed by atoms with van der Waals surface area (Å²) in [6, 6.07) is 13.3. The molecule has 1 heterocycles. The number of ketones is 1. The van der Waals surface area contributed by atoms with E-state index in [1.807, 2.05) is 30.5 Å². The van der Waals surface area contributed by atoms with Gasteiger partial charge in [0.1, 0.15) is 0 Å². The van der Waals surface area contributed by atoms with Crippen molar-refractivity contribution in [2.75, 3.05) is 6.26 Å². The zero-order chi connectivity index (χ0) is 15.5. The maximum atomic E-state index is 12.3. The van der Waals surface area contributed by atoms with E-state index in [0.717, 1.165) is 16.3 Å². The summed E-state index contributed by atoms with van der Waals surface area (Å²) in [5.74, 6) is 0.176. The van der Waals surface area contributed by atoms with E-state index < -0.39 is 0 Å². The fourth-order valence-electron chi connectivity index (χ4n) is 2.18. The predicted molar refractivity (Wildman–Crippen MR) is 100 cm³/mol. The molecule has 0 radical (unpaired) electrons. The first kappa shape index (κ1) is 17.7. The molecule has 0 fully saturated rings. The summed E-state index contributed by atoms with van der Waals surface area (Å²) >= 11 is 7.62. The summed E-state index contributed by atoms with van der Waals surface area (Å²) in [6.07, 6.45) is 6.90. The molecule has 0 amide bonds. The molecule has 5 heteroatoms. The predicted octanol–water partition coefficient (Wildman–Crippen LogP) is 6.13. The number of carbonyl (C=O) groups is 1. The van der Waals surface area contributed by atoms with Crippen LogP contribution in [0.1, 0.15) is 16.1 Å². The van der Waals surface area contributed by atoms with Gasteiger partial charge in [-0.05, 0) is 48.2 Å². The lowest BCUT2D eigenvalue weighted by atomic mass is 10.1. The van der Waals surface area contributed by atoms with Crippen LogP contribution in [0.3, 0.4) is 0 Å². The molecule has 0 bridgehead atoms. The van der Waals surface area contributed by atoms with Gasteiger partial charge in [-0.25, -0.2) is 0 Å². The number of hydrogen-bond donors (Lipinski definition) is 0. The largest absolute Gasteiger partial charge is 0.460 e. The van der Waals surface area contributed by atoms with E-state index in [4.69, 9.17) is 16.0 Å². The van der Waals surface area contributed by atoms with Gasteiger partial charge in [0, 0.05) is 20.7 Å². The number of fused-ring (bicyclic) bond motifs is 1. The van der Waals surface area contributed by atoms with Crippen molar-refractivity contribution in [1.29, 1.82) is 0 Å². The number of benzene rings is 2. The summed E-state index contributed by atoms with van der Waals surface area (Å²) < 4.78 is 5.39. The molecule has 0 atom stereocenters. The van der Waals surface area contributed by atoms with E-state index in [2.05, 4.69) is 0 Å². The van der Waals surface area contributed by atoms with Crippen molar-refractivity contribution in [3.8, 4) is 0 Å². The smallest absolute Gasteiger partial charge is 0.221 e. The zero-order valence-corrected chi connectivity index (χ0v) is 14.7. The number of hydrogen-bond acceptors (Lipinski definition) is 3. The lowest BCUT2D eigenvalue weighted by Gasteiger charge is -1.97. The Bertz CT molecular complexity index is 851. The van der Waals surface area contributed by atoms with Crippen LogP contribution in [0, 0.1) is 0 Å². The first-order valence-electron chi connectivity index (χ1n) is 6.70. The average Bonchev–Trinajstić information content (AvgIpc) is 2.96. The monoisotopic (exact) mass is 364 g/mol. The quantitative estimate of drug-likeness (QED) is 0.317. The van der Waals surface area contributed by atoms with E-state index in [9.17, 15) is 4.79 Å². The molecule has 23 heavy (non-hydrogen) atoms. The standard InChI is InChI=1S/C18H13ClO2S.ClH/c1-22-15-6-2-12(3-7-15)4-9-17(20)18-16-8-5-14(19)10-13(16)11-21-18;/h2-11H,1H3;1H. The number of carbonyl (C=O) groups excluding carboxylic acids is 1. The van der Waals surface area contributed by atoms with Gasteiger partial charge in [-0.2, -0.15) is 0 Å². The van der Waals surface area contributed by atoms with Crippen LogP contribution < -0.4 is 0 Å². The molecule has 0 unspecified atom stereocenters. The lowest BCUT2D eigenvalue weighted by molar-refractivity contribution is 0.102. The Morgan fingerprint density at radius 3 is 2.61 bits per heavy atom. The Balaban J connectivity index is 0.00000192. The van der Waals surface area contributed by atoms with Gasteiger partial charge >= 0.3 is 0 Å². The molecular formula is C18H14Cl2O2S. The van der Waals surface area contributed by atoms with E-state index in [1.54, 1.807) is 42.3 Å². The average molecular weight is 365 g/mol. The third-order valence-corrected chi connectivity index (χ3v) is 4.31. The zero-order valence-electron chi connectivity index (χ0n) is 12.3. The maximum Gasteiger partial charge on any atom is 0.221 e. The highest BCUT2D eigenvalue weighted by Crippen LogP contribution is 2.25. The van der Waals surface area contributed by atoms with Gasteiger partial charge in [0.2, 0.25) is 5.78 Å². The van der Waals surface area contributed by atoms with Gasteiger partial charge in [-0.1, -0.05) is 29.8 Å². The molecule has 0 aliphatic carbocycles. The van der Waals surface area contributed by atoms with Gasteiger partial charge in [0.05, 0.1) is 6.26 Å². The van der Waals surface area contributed by atoms with Crippen LogP contribution >= 0.6 is 35.8 Å². The second kappa shape index (κ2) is 7.73. The second-order valence-electron chi connectivity index (χ2n) is 4.77. The van der Waals surface area contributed by atoms with E-state index in [1.165, 1.54) is 11.0 Å². The second-order valence-corrected chi connectivity index (χ2v) is 6.08. The SMILES string of the molecule is CSc1ccc(C=CC(=O)c2occ3cc(Cl)ccc23)cc1.Cl. The van der Waals surface area contributed by atoms with Crippen LogP contribution in [0.2, 0.25) is 5.02 Å². The van der Waals surface area contributed by atoms with Crippen molar-refractivity contribution in [3.05, 3.63) is 71.2 Å². The van der Waals surface area contributed by atoms with Crippen LogP contribution in [-0.2, 0) is 0 Å². The van der Waals surface area contributed by atoms with Gasteiger partial charge in [0.15, 0.2) is 5.76 Å². The minimum absolute atomic E-state index is 0. The molecule has 0 saturated heterocycles. The summed E-state index contributed by atoms with van der Waals surface area (Å²) in [5, 5.41) is 2.22. The highest BCUT2D eigenvalue weighted by atomic mass is 35.5. The van der Waals surface area contributed by atoms with Crippen molar-refractivity contribution >= 4 is 58.4 Å². The van der Waals surface area contributed by atoms with E-state index >= 15 is 0 Å². The fourth-order valence-corrected chi connectivity index (χ4v) is 2.77. The summed E-state index contributed by atoms with van der Waals surface area (Å²) in [6.45, 7) is 0. The van der Waals surface area contributed by atoms with Crippen molar-refractivity contribution in [3.63, 3.8) is 0 Å². The van der Waals surface area contributed by atoms with Crippen molar-refractivity contribution < 1.29 is 9.21 Å². The topological polar surface area (TPSA) is 30.2 Å². The third-order valence-electron chi connectivity index (χ3n) is 3.33. The minimum Gasteiger partial charge on any atom is -0.460 e. The molecule has 3 aromatic rings. The highest BCUT2D eigenvalue weighted by Gasteiger charge is 2.12. The van der Waals surface area contributed by atoms with Crippen molar-refractivity contribution in [2.24, 2.45) is 0 Å². The molecule has 0 saturated carbocycles. The maximum absolute atomic E-state index is 12.3. The van der Waals surface area contributed by atoms with Crippen LogP contribution in [-0.4, -0.2) is 12.0 Å². The molecule has 2 nitrogen and oxygen atoms in total. The Kier molecular flexibility index (Phi) is 5.94. The molecule has 3 rings (SSSR count). The Hall–Kier alpha value is -1.68. The van der Waals surface area contributed by atoms with Gasteiger partial charge in [-0.3, -0.25) is 4.79 Å². The van der Waals surface area contributed by atoms with Crippen molar-refractivity contribution in [2.45, 2.75) is 4.90 Å². The molecule has 0 aliphatic rings. The number of allylic oxidation sites excluding steroid dienone is 1. The summed E-state index contributed by atoms with van der Waals surface area (Å²) in [4.78, 5) is 13.5. The fraction of sp³-hybridized carbons (Fsp3) is 0.0556. The van der Waals surface area contributed by atoms with Crippen LogP contribution in [0.25, 0.3) is 16.8 Å². The van der Waals surface area contributed by atoms with Crippen molar-refractivity contribution in [1.82, 2.24) is 0 Å². The third kappa shape index (κ3) is 3.99. The molecular weight excluding hydrogens is 351 g/mol. The minimum atomic E-state index is -0.161. The Labute approximate surface area is 149 Å². The Morgan fingerprint density at radius 2 is 1.91 bits per heavy atom. The summed E-state index contributed by atoms with van der Waals surface area (Å²) in [5.41, 5.74) is 0.977. The van der Waals surface area contributed by atoms with Crippen LogP contribution in [0.15, 0.2) is 64.1 Å². The highest BCUT2D eigenvalue weighted by molar-refractivity contribution is 7.98.